The smallest absolute Gasteiger partial charge is 0.271 e. The average Bonchev–Trinajstić information content (AvgIpc) is 3.32. The average molecular weight is 405 g/mol. The number of ether oxygens (including phenoxy) is 1. The number of carbonyl (C=O) groups is 2. The third kappa shape index (κ3) is 3.89. The molecule has 2 aromatic carbocycles. The van der Waals surface area contributed by atoms with Crippen LogP contribution in [0.1, 0.15) is 34.1 Å². The molecule has 8 heteroatoms. The highest BCUT2D eigenvalue weighted by Gasteiger charge is 2.29. The van der Waals surface area contributed by atoms with Gasteiger partial charge in [0.05, 0.1) is 31.0 Å². The zero-order valence-electron chi connectivity index (χ0n) is 16.7. The summed E-state index contributed by atoms with van der Waals surface area (Å²) in [4.78, 5) is 24.2. The summed E-state index contributed by atoms with van der Waals surface area (Å²) in [6, 6.07) is 17.8. The van der Waals surface area contributed by atoms with Crippen LogP contribution in [-0.2, 0) is 17.8 Å². The lowest BCUT2D eigenvalue weighted by Gasteiger charge is -2.15. The van der Waals surface area contributed by atoms with Crippen molar-refractivity contribution >= 4 is 17.5 Å². The number of hydrogen-bond acceptors (Lipinski definition) is 5. The molecule has 1 unspecified atom stereocenters. The van der Waals surface area contributed by atoms with Gasteiger partial charge in [-0.15, -0.1) is 5.10 Å². The van der Waals surface area contributed by atoms with Gasteiger partial charge in [-0.3, -0.25) is 9.59 Å². The Morgan fingerprint density at radius 3 is 2.63 bits per heavy atom. The second-order valence-electron chi connectivity index (χ2n) is 7.26. The number of hydrogen-bond donors (Lipinski definition) is 1. The minimum Gasteiger partial charge on any atom is -0.491 e. The number of para-hydroxylation sites is 2. The number of benzene rings is 2. The predicted octanol–water partition coefficient (Wildman–Crippen LogP) is 2.15. The number of nitrogens with zero attached hydrogens (tertiary/aromatic N) is 4. The molecular formula is C22H23N5O3. The Hall–Kier alpha value is -3.68. The van der Waals surface area contributed by atoms with Crippen LogP contribution in [-0.4, -0.2) is 40.5 Å². The summed E-state index contributed by atoms with van der Waals surface area (Å²) >= 11 is 0. The fourth-order valence-electron chi connectivity index (χ4n) is 3.73. The lowest BCUT2D eigenvalue weighted by atomic mass is 9.97. The molecule has 0 aliphatic carbocycles. The lowest BCUT2D eigenvalue weighted by Crippen LogP contribution is -2.24. The highest BCUT2D eigenvalue weighted by Crippen LogP contribution is 2.30. The molecular weight excluding hydrogens is 382 g/mol. The second kappa shape index (κ2) is 8.36. The van der Waals surface area contributed by atoms with Crippen molar-refractivity contribution in [2.24, 2.45) is 5.73 Å². The van der Waals surface area contributed by atoms with E-state index in [1.54, 1.807) is 16.6 Å². The maximum atomic E-state index is 11.4. The SMILES string of the molecule is CN1C(=O)CCOc2ccccc21.NC(=O)c1nnn2c1CC(c1ccccc1)C2. The molecule has 0 saturated heterocycles. The second-order valence-corrected chi connectivity index (χ2v) is 7.26. The topological polar surface area (TPSA) is 103 Å². The fraction of sp³-hybridized carbons (Fsp3) is 0.273. The Labute approximate surface area is 174 Å². The number of carbonyl (C=O) groups excluding carboxylic acids is 2. The minimum atomic E-state index is -0.500. The quantitative estimate of drug-likeness (QED) is 0.704. The van der Waals surface area contributed by atoms with Crippen molar-refractivity contribution in [1.82, 2.24) is 15.0 Å². The van der Waals surface area contributed by atoms with Crippen molar-refractivity contribution in [3.05, 3.63) is 71.5 Å². The summed E-state index contributed by atoms with van der Waals surface area (Å²) in [6.07, 6.45) is 1.22. The van der Waals surface area contributed by atoms with Crippen LogP contribution in [0.4, 0.5) is 5.69 Å². The molecule has 0 bridgehead atoms. The van der Waals surface area contributed by atoms with E-state index in [0.717, 1.165) is 30.1 Å². The van der Waals surface area contributed by atoms with Crippen LogP contribution in [0.3, 0.4) is 0 Å². The summed E-state index contributed by atoms with van der Waals surface area (Å²) in [5.74, 6) is 0.751. The zero-order chi connectivity index (χ0) is 21.1. The molecule has 2 N–H and O–H groups in total. The molecule has 8 nitrogen and oxygen atoms in total. The summed E-state index contributed by atoms with van der Waals surface area (Å²) < 4.78 is 7.20. The first kappa shape index (κ1) is 19.6. The number of aromatic nitrogens is 3. The molecule has 5 rings (SSSR count). The molecule has 2 aliphatic heterocycles. The number of anilines is 1. The van der Waals surface area contributed by atoms with Gasteiger partial charge < -0.3 is 15.4 Å². The van der Waals surface area contributed by atoms with E-state index >= 15 is 0 Å². The normalized spacial score (nSPS) is 17.2. The van der Waals surface area contributed by atoms with Crippen molar-refractivity contribution in [3.8, 4) is 5.75 Å². The molecule has 0 fully saturated rings. The third-order valence-corrected chi connectivity index (χ3v) is 5.35. The maximum Gasteiger partial charge on any atom is 0.271 e. The van der Waals surface area contributed by atoms with Gasteiger partial charge in [0, 0.05) is 19.4 Å². The van der Waals surface area contributed by atoms with E-state index < -0.39 is 5.91 Å². The third-order valence-electron chi connectivity index (χ3n) is 5.35. The Morgan fingerprint density at radius 1 is 1.13 bits per heavy atom. The van der Waals surface area contributed by atoms with E-state index in [2.05, 4.69) is 22.4 Å². The van der Waals surface area contributed by atoms with E-state index in [1.165, 1.54) is 5.56 Å². The van der Waals surface area contributed by atoms with Gasteiger partial charge in [-0.2, -0.15) is 0 Å². The molecule has 3 aromatic rings. The first-order chi connectivity index (χ1) is 14.5. The van der Waals surface area contributed by atoms with Crippen LogP contribution in [0.15, 0.2) is 54.6 Å². The largest absolute Gasteiger partial charge is 0.491 e. The van der Waals surface area contributed by atoms with Crippen LogP contribution >= 0.6 is 0 Å². The molecule has 1 atom stereocenters. The van der Waals surface area contributed by atoms with Crippen molar-refractivity contribution in [2.45, 2.75) is 25.3 Å². The van der Waals surface area contributed by atoms with E-state index in [9.17, 15) is 9.59 Å². The van der Waals surface area contributed by atoms with Crippen LogP contribution in [0.5, 0.6) is 5.75 Å². The Bertz CT molecular complexity index is 1060. The predicted molar refractivity (Wildman–Crippen MR) is 111 cm³/mol. The lowest BCUT2D eigenvalue weighted by molar-refractivity contribution is -0.118. The Balaban J connectivity index is 0.000000151. The van der Waals surface area contributed by atoms with Crippen LogP contribution < -0.4 is 15.4 Å². The molecule has 30 heavy (non-hydrogen) atoms. The molecule has 3 heterocycles. The van der Waals surface area contributed by atoms with Gasteiger partial charge in [0.1, 0.15) is 5.75 Å². The van der Waals surface area contributed by atoms with E-state index in [4.69, 9.17) is 10.5 Å². The van der Waals surface area contributed by atoms with Gasteiger partial charge >= 0.3 is 0 Å². The first-order valence-electron chi connectivity index (χ1n) is 9.80. The molecule has 1 aromatic heterocycles. The summed E-state index contributed by atoms with van der Waals surface area (Å²) in [5, 5.41) is 7.76. The van der Waals surface area contributed by atoms with Gasteiger partial charge in [-0.05, 0) is 17.7 Å². The van der Waals surface area contributed by atoms with Gasteiger partial charge in [-0.1, -0.05) is 47.7 Å². The Kier molecular flexibility index (Phi) is 5.47. The van der Waals surface area contributed by atoms with Crippen LogP contribution in [0.25, 0.3) is 0 Å². The first-order valence-corrected chi connectivity index (χ1v) is 9.80. The molecule has 0 spiro atoms. The summed E-state index contributed by atoms with van der Waals surface area (Å²) in [7, 11) is 1.77. The fourth-order valence-corrected chi connectivity index (χ4v) is 3.73. The van der Waals surface area contributed by atoms with Crippen molar-refractivity contribution in [3.63, 3.8) is 0 Å². The van der Waals surface area contributed by atoms with Gasteiger partial charge in [0.15, 0.2) is 5.69 Å². The molecule has 154 valence electrons. The maximum absolute atomic E-state index is 11.4. The van der Waals surface area contributed by atoms with Crippen LogP contribution in [0.2, 0.25) is 0 Å². The number of primary amides is 1. The van der Waals surface area contributed by atoms with E-state index in [-0.39, 0.29) is 5.91 Å². The number of amides is 2. The van der Waals surface area contributed by atoms with E-state index in [1.807, 2.05) is 42.5 Å². The highest BCUT2D eigenvalue weighted by molar-refractivity contribution is 5.95. The zero-order valence-corrected chi connectivity index (χ0v) is 16.7. The standard InChI is InChI=1S/C12H12N4O.C10H11NO2/c13-12(17)11-10-6-9(7-16(10)15-14-11)8-4-2-1-3-5-8;1-11-8-4-2-3-5-9(8)13-7-6-10(11)12/h1-5,9H,6-7H2,(H2,13,17);2-5H,6-7H2,1H3. The molecule has 2 aliphatic rings. The van der Waals surface area contributed by atoms with Gasteiger partial charge in [0.2, 0.25) is 5.91 Å². The van der Waals surface area contributed by atoms with Crippen molar-refractivity contribution in [2.75, 3.05) is 18.6 Å². The molecule has 2 amide bonds. The van der Waals surface area contributed by atoms with Gasteiger partial charge in [-0.25, -0.2) is 4.68 Å². The van der Waals surface area contributed by atoms with Crippen LogP contribution in [0, 0.1) is 0 Å². The summed E-state index contributed by atoms with van der Waals surface area (Å²) in [5.41, 5.74) is 8.53. The Morgan fingerprint density at radius 2 is 1.87 bits per heavy atom. The monoisotopic (exact) mass is 405 g/mol. The molecule has 0 radical (unpaired) electrons. The number of rotatable bonds is 2. The minimum absolute atomic E-state index is 0.102. The van der Waals surface area contributed by atoms with Crippen molar-refractivity contribution in [1.29, 1.82) is 0 Å². The number of fused-ring (bicyclic) bond motifs is 2. The van der Waals surface area contributed by atoms with E-state index in [0.29, 0.717) is 24.6 Å². The molecule has 0 saturated carbocycles. The summed E-state index contributed by atoms with van der Waals surface area (Å²) in [6.45, 7) is 1.24. The van der Waals surface area contributed by atoms with Gasteiger partial charge in [0.25, 0.3) is 5.91 Å². The number of nitrogens with two attached hydrogens (primary N) is 1. The van der Waals surface area contributed by atoms with Crippen molar-refractivity contribution < 1.29 is 14.3 Å². The highest BCUT2D eigenvalue weighted by atomic mass is 16.5.